The fraction of sp³-hybridized carbons (Fsp3) is 0.526. The highest BCUT2D eigenvalue weighted by Crippen LogP contribution is 2.23. The van der Waals surface area contributed by atoms with Crippen molar-refractivity contribution in [1.82, 2.24) is 24.9 Å². The zero-order chi connectivity index (χ0) is 20.1. The first-order valence-corrected chi connectivity index (χ1v) is 10.4. The molecule has 1 unspecified atom stereocenters. The maximum atomic E-state index is 12.7. The van der Waals surface area contributed by atoms with Crippen molar-refractivity contribution in [3.05, 3.63) is 34.8 Å². The molecule has 1 aliphatic rings. The predicted molar refractivity (Wildman–Crippen MR) is 114 cm³/mol. The van der Waals surface area contributed by atoms with Gasteiger partial charge in [-0.2, -0.15) is 5.10 Å². The molecule has 1 fully saturated rings. The van der Waals surface area contributed by atoms with Gasteiger partial charge in [0.2, 0.25) is 5.91 Å². The first-order chi connectivity index (χ1) is 13.5. The summed E-state index contributed by atoms with van der Waals surface area (Å²) in [6.45, 7) is 5.13. The highest BCUT2D eigenvalue weighted by Gasteiger charge is 2.28. The van der Waals surface area contributed by atoms with Gasteiger partial charge in [0.05, 0.1) is 24.5 Å². The number of hydrogen-bond acceptors (Lipinski definition) is 5. The molecular weight excluding hydrogens is 374 g/mol. The summed E-state index contributed by atoms with van der Waals surface area (Å²) >= 11 is 1.75. The van der Waals surface area contributed by atoms with Crippen LogP contribution in [0.4, 0.5) is 5.69 Å². The minimum absolute atomic E-state index is 0.0623. The Bertz CT molecular complexity index is 799. The fourth-order valence-electron chi connectivity index (χ4n) is 3.26. The van der Waals surface area contributed by atoms with E-state index in [9.17, 15) is 4.79 Å². The number of nitrogens with one attached hydrogen (secondary N) is 1. The standard InChI is InChI=1S/C19H29N7OS/c1-5-20-19(21-12-16(23(2)3)17-7-6-10-28-17)25-8-9-26(18(27)14-25)15-11-22-24(4)13-15/h6-7,10-11,13,16H,5,8-9,12,14H2,1-4H3,(H,20,21). The number of thiophene rings is 1. The van der Waals surface area contributed by atoms with Crippen molar-refractivity contribution < 1.29 is 4.79 Å². The number of hydrogen-bond donors (Lipinski definition) is 1. The fourth-order valence-corrected chi connectivity index (χ4v) is 4.18. The molecule has 1 saturated heterocycles. The average Bonchev–Trinajstić information content (AvgIpc) is 3.33. The molecule has 0 aliphatic carbocycles. The van der Waals surface area contributed by atoms with Crippen LogP contribution in [0.25, 0.3) is 0 Å². The Kier molecular flexibility index (Phi) is 6.69. The summed E-state index contributed by atoms with van der Waals surface area (Å²) in [6, 6.07) is 4.44. The molecule has 0 radical (unpaired) electrons. The van der Waals surface area contributed by atoms with E-state index in [4.69, 9.17) is 4.99 Å². The predicted octanol–water partition coefficient (Wildman–Crippen LogP) is 1.40. The van der Waals surface area contributed by atoms with Crippen LogP contribution in [-0.2, 0) is 11.8 Å². The van der Waals surface area contributed by atoms with Crippen LogP contribution in [-0.4, -0.2) is 78.3 Å². The van der Waals surface area contributed by atoms with Gasteiger partial charge >= 0.3 is 0 Å². The van der Waals surface area contributed by atoms with E-state index in [0.29, 0.717) is 19.6 Å². The normalized spacial score (nSPS) is 16.8. The van der Waals surface area contributed by atoms with E-state index in [1.807, 2.05) is 25.1 Å². The van der Waals surface area contributed by atoms with Gasteiger partial charge in [-0.25, -0.2) is 0 Å². The number of anilines is 1. The molecule has 28 heavy (non-hydrogen) atoms. The van der Waals surface area contributed by atoms with Crippen LogP contribution in [0.15, 0.2) is 34.9 Å². The Balaban J connectivity index is 1.70. The second-order valence-corrected chi connectivity index (χ2v) is 8.01. The van der Waals surface area contributed by atoms with E-state index in [1.54, 1.807) is 27.1 Å². The third-order valence-corrected chi connectivity index (χ3v) is 5.74. The Morgan fingerprint density at radius 1 is 1.43 bits per heavy atom. The molecule has 152 valence electrons. The number of aliphatic imine (C=N–C) groups is 1. The Hall–Kier alpha value is -2.39. The van der Waals surface area contributed by atoms with E-state index in [1.165, 1.54) is 4.88 Å². The number of aromatic nitrogens is 2. The maximum Gasteiger partial charge on any atom is 0.246 e. The number of aryl methyl sites for hydroxylation is 1. The maximum absolute atomic E-state index is 12.7. The summed E-state index contributed by atoms with van der Waals surface area (Å²) in [5.41, 5.74) is 0.847. The van der Waals surface area contributed by atoms with E-state index in [2.05, 4.69) is 46.9 Å². The number of rotatable bonds is 6. The second kappa shape index (κ2) is 9.20. The van der Waals surface area contributed by atoms with Gasteiger partial charge in [-0.1, -0.05) is 6.07 Å². The molecule has 1 N–H and O–H groups in total. The van der Waals surface area contributed by atoms with E-state index in [0.717, 1.165) is 24.7 Å². The molecule has 9 heteroatoms. The lowest BCUT2D eigenvalue weighted by Crippen LogP contribution is -2.55. The lowest BCUT2D eigenvalue weighted by molar-refractivity contribution is -0.120. The smallest absolute Gasteiger partial charge is 0.246 e. The van der Waals surface area contributed by atoms with Crippen LogP contribution in [0.5, 0.6) is 0 Å². The van der Waals surface area contributed by atoms with Gasteiger partial charge in [0, 0.05) is 37.8 Å². The van der Waals surface area contributed by atoms with Crippen molar-refractivity contribution in [2.75, 3.05) is 51.7 Å². The first-order valence-electron chi connectivity index (χ1n) is 9.51. The molecule has 0 saturated carbocycles. The Morgan fingerprint density at radius 3 is 2.82 bits per heavy atom. The van der Waals surface area contributed by atoms with Gasteiger partial charge < -0.3 is 20.0 Å². The molecule has 2 aromatic rings. The van der Waals surface area contributed by atoms with Crippen LogP contribution < -0.4 is 10.2 Å². The number of piperazine rings is 1. The van der Waals surface area contributed by atoms with Crippen LogP contribution >= 0.6 is 11.3 Å². The summed E-state index contributed by atoms with van der Waals surface area (Å²) < 4.78 is 1.71. The number of carbonyl (C=O) groups is 1. The van der Waals surface area contributed by atoms with Gasteiger partial charge in [-0.3, -0.25) is 14.5 Å². The SMILES string of the molecule is CCNC(=NCC(c1cccs1)N(C)C)N1CCN(c2cnn(C)c2)C(=O)C1. The van der Waals surface area contributed by atoms with E-state index >= 15 is 0 Å². The first kappa shape index (κ1) is 20.3. The molecule has 3 rings (SSSR count). The van der Waals surface area contributed by atoms with Crippen molar-refractivity contribution in [1.29, 1.82) is 0 Å². The Morgan fingerprint density at radius 2 is 2.25 bits per heavy atom. The van der Waals surface area contributed by atoms with Crippen LogP contribution in [0, 0.1) is 0 Å². The molecule has 1 atom stereocenters. The minimum atomic E-state index is 0.0623. The monoisotopic (exact) mass is 403 g/mol. The van der Waals surface area contributed by atoms with Gasteiger partial charge in [0.1, 0.15) is 6.54 Å². The number of amides is 1. The number of guanidine groups is 1. The summed E-state index contributed by atoms with van der Waals surface area (Å²) in [5, 5.41) is 9.61. The van der Waals surface area contributed by atoms with Crippen molar-refractivity contribution in [3.63, 3.8) is 0 Å². The second-order valence-electron chi connectivity index (χ2n) is 7.03. The largest absolute Gasteiger partial charge is 0.357 e. The highest BCUT2D eigenvalue weighted by atomic mass is 32.1. The third-order valence-electron chi connectivity index (χ3n) is 4.77. The Labute approximate surface area is 170 Å². The van der Waals surface area contributed by atoms with Gasteiger partial charge in [0.15, 0.2) is 5.96 Å². The van der Waals surface area contributed by atoms with Gasteiger partial charge in [-0.15, -0.1) is 11.3 Å². The van der Waals surface area contributed by atoms with Crippen LogP contribution in [0.3, 0.4) is 0 Å². The van der Waals surface area contributed by atoms with Crippen LogP contribution in [0.2, 0.25) is 0 Å². The molecule has 1 aliphatic heterocycles. The molecular formula is C19H29N7OS. The number of likely N-dealkylation sites (N-methyl/N-ethyl adjacent to an activating group) is 1. The number of carbonyl (C=O) groups excluding carboxylic acids is 1. The summed E-state index contributed by atoms with van der Waals surface area (Å²) in [5.74, 6) is 0.859. The minimum Gasteiger partial charge on any atom is -0.357 e. The quantitative estimate of drug-likeness (QED) is 0.583. The molecule has 0 aromatic carbocycles. The zero-order valence-corrected chi connectivity index (χ0v) is 17.8. The third kappa shape index (κ3) is 4.71. The topological polar surface area (TPSA) is 69.0 Å². The van der Waals surface area contributed by atoms with Gasteiger partial charge in [0.25, 0.3) is 0 Å². The molecule has 1 amide bonds. The van der Waals surface area contributed by atoms with Crippen LogP contribution in [0.1, 0.15) is 17.8 Å². The van der Waals surface area contributed by atoms with Crippen molar-refractivity contribution in [2.24, 2.45) is 12.0 Å². The van der Waals surface area contributed by atoms with Crippen molar-refractivity contribution in [2.45, 2.75) is 13.0 Å². The lowest BCUT2D eigenvalue weighted by atomic mass is 10.2. The molecule has 0 bridgehead atoms. The summed E-state index contributed by atoms with van der Waals surface area (Å²) in [4.78, 5) is 24.9. The summed E-state index contributed by atoms with van der Waals surface area (Å²) in [7, 11) is 6.00. The molecule has 8 nitrogen and oxygen atoms in total. The molecule has 0 spiro atoms. The number of nitrogens with zero attached hydrogens (tertiary/aromatic N) is 6. The molecule has 2 aromatic heterocycles. The average molecular weight is 404 g/mol. The van der Waals surface area contributed by atoms with E-state index in [-0.39, 0.29) is 11.9 Å². The lowest BCUT2D eigenvalue weighted by Gasteiger charge is -2.35. The molecule has 3 heterocycles. The van der Waals surface area contributed by atoms with Crippen molar-refractivity contribution in [3.8, 4) is 0 Å². The van der Waals surface area contributed by atoms with E-state index < -0.39 is 0 Å². The highest BCUT2D eigenvalue weighted by molar-refractivity contribution is 7.10. The summed E-state index contributed by atoms with van der Waals surface area (Å²) in [6.07, 6.45) is 3.60. The van der Waals surface area contributed by atoms with Gasteiger partial charge in [-0.05, 0) is 32.5 Å². The van der Waals surface area contributed by atoms with Crippen molar-refractivity contribution >= 4 is 28.9 Å². The zero-order valence-electron chi connectivity index (χ0n) is 17.0.